The van der Waals surface area contributed by atoms with E-state index in [9.17, 15) is 20.1 Å². The number of aliphatic hydroxyl groups excluding tert-OH is 1. The molecule has 0 aliphatic rings. The SMILES string of the molecule is Cc1ccccc1CNC(=O)Cc1cccc(CC(C)(C)NCC(O)c2cc(O)cc(O)c2)c1. The second-order valence-corrected chi connectivity index (χ2v) is 9.44. The largest absolute Gasteiger partial charge is 0.508 e. The minimum Gasteiger partial charge on any atom is -0.508 e. The van der Waals surface area contributed by atoms with Gasteiger partial charge in [-0.15, -0.1) is 0 Å². The van der Waals surface area contributed by atoms with Crippen molar-refractivity contribution in [2.75, 3.05) is 6.54 Å². The van der Waals surface area contributed by atoms with Crippen LogP contribution in [0.25, 0.3) is 0 Å². The van der Waals surface area contributed by atoms with Gasteiger partial charge < -0.3 is 26.0 Å². The van der Waals surface area contributed by atoms with Crippen LogP contribution in [0.3, 0.4) is 0 Å². The lowest BCUT2D eigenvalue weighted by Gasteiger charge is -2.28. The van der Waals surface area contributed by atoms with E-state index >= 15 is 0 Å². The van der Waals surface area contributed by atoms with Gasteiger partial charge in [-0.2, -0.15) is 0 Å². The van der Waals surface area contributed by atoms with E-state index in [1.807, 2.05) is 69.3 Å². The van der Waals surface area contributed by atoms with Gasteiger partial charge >= 0.3 is 0 Å². The Kier molecular flexibility index (Phi) is 8.31. The van der Waals surface area contributed by atoms with Crippen molar-refractivity contribution in [1.82, 2.24) is 10.6 Å². The molecule has 0 aliphatic carbocycles. The highest BCUT2D eigenvalue weighted by Gasteiger charge is 2.20. The molecule has 6 nitrogen and oxygen atoms in total. The number of rotatable bonds is 10. The molecule has 3 aromatic rings. The van der Waals surface area contributed by atoms with Crippen LogP contribution >= 0.6 is 0 Å². The Morgan fingerprint density at radius 2 is 1.62 bits per heavy atom. The van der Waals surface area contributed by atoms with Gasteiger partial charge in [-0.3, -0.25) is 4.79 Å². The van der Waals surface area contributed by atoms with Crippen LogP contribution in [0.5, 0.6) is 11.5 Å². The number of benzene rings is 3. The molecule has 0 saturated carbocycles. The number of aliphatic hydroxyl groups is 1. The lowest BCUT2D eigenvalue weighted by molar-refractivity contribution is -0.120. The lowest BCUT2D eigenvalue weighted by Crippen LogP contribution is -2.43. The van der Waals surface area contributed by atoms with E-state index in [1.165, 1.54) is 18.2 Å². The molecule has 6 heteroatoms. The Balaban J connectivity index is 1.53. The molecule has 0 fully saturated rings. The van der Waals surface area contributed by atoms with Gasteiger partial charge in [-0.1, -0.05) is 48.5 Å². The maximum absolute atomic E-state index is 12.5. The van der Waals surface area contributed by atoms with Gasteiger partial charge in [0.2, 0.25) is 5.91 Å². The first kappa shape index (κ1) is 25.3. The molecule has 1 unspecified atom stereocenters. The lowest BCUT2D eigenvalue weighted by atomic mass is 9.93. The first-order valence-corrected chi connectivity index (χ1v) is 11.5. The molecular formula is C28H34N2O4. The molecule has 3 rings (SSSR count). The van der Waals surface area contributed by atoms with Crippen LogP contribution in [0.15, 0.2) is 66.7 Å². The van der Waals surface area contributed by atoms with Crippen molar-refractivity contribution in [1.29, 1.82) is 0 Å². The fourth-order valence-corrected chi connectivity index (χ4v) is 3.97. The highest BCUT2D eigenvalue weighted by atomic mass is 16.3. The van der Waals surface area contributed by atoms with Gasteiger partial charge in [-0.25, -0.2) is 0 Å². The Labute approximate surface area is 201 Å². The second-order valence-electron chi connectivity index (χ2n) is 9.44. The zero-order chi connectivity index (χ0) is 24.7. The molecule has 0 aromatic heterocycles. The molecule has 0 spiro atoms. The molecule has 5 N–H and O–H groups in total. The Hall–Kier alpha value is -3.35. The zero-order valence-electron chi connectivity index (χ0n) is 20.0. The number of amides is 1. The van der Waals surface area contributed by atoms with Crippen LogP contribution in [0.2, 0.25) is 0 Å². The minimum atomic E-state index is -0.874. The fourth-order valence-electron chi connectivity index (χ4n) is 3.97. The normalized spacial score (nSPS) is 12.4. The van der Waals surface area contributed by atoms with Crippen molar-refractivity contribution in [3.63, 3.8) is 0 Å². The standard InChI is InChI=1S/C28H34N2O4/c1-19-7-4-5-10-22(19)17-29-27(34)12-20-8-6-9-21(11-20)16-28(2,3)30-18-26(33)23-13-24(31)15-25(32)14-23/h4-11,13-15,26,30-33H,12,16-18H2,1-3H3,(H,29,34). The van der Waals surface area contributed by atoms with Gasteiger partial charge in [0.05, 0.1) is 12.5 Å². The van der Waals surface area contributed by atoms with Crippen molar-refractivity contribution in [3.05, 3.63) is 94.5 Å². The first-order valence-electron chi connectivity index (χ1n) is 11.5. The van der Waals surface area contributed by atoms with Gasteiger partial charge in [-0.05, 0) is 67.1 Å². The number of phenolic OH excluding ortho intramolecular Hbond substituents is 2. The van der Waals surface area contributed by atoms with E-state index in [4.69, 9.17) is 0 Å². The molecule has 1 atom stereocenters. The summed E-state index contributed by atoms with van der Waals surface area (Å²) in [5.41, 5.74) is 4.42. The number of hydrogen-bond acceptors (Lipinski definition) is 5. The van der Waals surface area contributed by atoms with Gasteiger partial charge in [0.1, 0.15) is 11.5 Å². The van der Waals surface area contributed by atoms with Crippen LogP contribution in [0.1, 0.15) is 47.8 Å². The molecule has 0 radical (unpaired) electrons. The predicted octanol–water partition coefficient (Wildman–Crippen LogP) is 3.91. The van der Waals surface area contributed by atoms with Crippen molar-refractivity contribution >= 4 is 5.91 Å². The summed E-state index contributed by atoms with van der Waals surface area (Å²) in [4.78, 5) is 12.5. The molecule has 0 aliphatic heterocycles. The smallest absolute Gasteiger partial charge is 0.224 e. The number of carbonyl (C=O) groups excluding carboxylic acids is 1. The summed E-state index contributed by atoms with van der Waals surface area (Å²) in [7, 11) is 0. The molecule has 0 bridgehead atoms. The van der Waals surface area contributed by atoms with Crippen molar-refractivity contribution in [2.24, 2.45) is 0 Å². The average Bonchev–Trinajstić information content (AvgIpc) is 2.76. The Morgan fingerprint density at radius 3 is 2.32 bits per heavy atom. The molecule has 1 amide bonds. The summed E-state index contributed by atoms with van der Waals surface area (Å²) in [5, 5.41) is 36.1. The van der Waals surface area contributed by atoms with E-state index in [0.29, 0.717) is 24.9 Å². The summed E-state index contributed by atoms with van der Waals surface area (Å²) in [6.45, 7) is 6.90. The molecule has 0 saturated heterocycles. The van der Waals surface area contributed by atoms with Crippen molar-refractivity contribution in [2.45, 2.75) is 51.8 Å². The minimum absolute atomic E-state index is 0.0183. The molecular weight excluding hydrogens is 428 g/mol. The van der Waals surface area contributed by atoms with Crippen molar-refractivity contribution < 1.29 is 20.1 Å². The third kappa shape index (κ3) is 7.61. The highest BCUT2D eigenvalue weighted by molar-refractivity contribution is 5.78. The maximum atomic E-state index is 12.5. The van der Waals surface area contributed by atoms with Gasteiger partial charge in [0.25, 0.3) is 0 Å². The Bertz CT molecular complexity index is 1110. The fraction of sp³-hybridized carbons (Fsp3) is 0.321. The zero-order valence-corrected chi connectivity index (χ0v) is 20.0. The highest BCUT2D eigenvalue weighted by Crippen LogP contribution is 2.25. The van der Waals surface area contributed by atoms with E-state index in [2.05, 4.69) is 10.6 Å². The number of aromatic hydroxyl groups is 2. The second kappa shape index (κ2) is 11.2. The summed E-state index contributed by atoms with van der Waals surface area (Å²) in [6.07, 6.45) is 0.136. The van der Waals surface area contributed by atoms with E-state index < -0.39 is 6.10 Å². The van der Waals surface area contributed by atoms with E-state index in [0.717, 1.165) is 22.3 Å². The number of phenols is 2. The predicted molar refractivity (Wildman–Crippen MR) is 134 cm³/mol. The van der Waals surface area contributed by atoms with Crippen LogP contribution in [0.4, 0.5) is 0 Å². The quantitative estimate of drug-likeness (QED) is 0.314. The maximum Gasteiger partial charge on any atom is 0.224 e. The third-order valence-electron chi connectivity index (χ3n) is 5.82. The van der Waals surface area contributed by atoms with Gasteiger partial charge in [0, 0.05) is 24.7 Å². The van der Waals surface area contributed by atoms with Crippen LogP contribution < -0.4 is 10.6 Å². The number of carbonyl (C=O) groups is 1. The van der Waals surface area contributed by atoms with Crippen molar-refractivity contribution in [3.8, 4) is 11.5 Å². The summed E-state index contributed by atoms with van der Waals surface area (Å²) >= 11 is 0. The van der Waals surface area contributed by atoms with Crippen LogP contribution in [0, 0.1) is 6.92 Å². The monoisotopic (exact) mass is 462 g/mol. The van der Waals surface area contributed by atoms with E-state index in [-0.39, 0.29) is 29.5 Å². The summed E-state index contributed by atoms with van der Waals surface area (Å²) < 4.78 is 0. The first-order chi connectivity index (χ1) is 16.1. The average molecular weight is 463 g/mol. The number of nitrogens with one attached hydrogen (secondary N) is 2. The number of β-amino-alcohol motifs (C(OH)–C–C–N with tert-alkyl or cyclic N) is 1. The van der Waals surface area contributed by atoms with Crippen LogP contribution in [-0.2, 0) is 24.2 Å². The summed E-state index contributed by atoms with van der Waals surface area (Å²) in [5.74, 6) is -0.198. The molecule has 0 heterocycles. The Morgan fingerprint density at radius 1 is 0.941 bits per heavy atom. The summed E-state index contributed by atoms with van der Waals surface area (Å²) in [6, 6.07) is 20.1. The third-order valence-corrected chi connectivity index (χ3v) is 5.82. The van der Waals surface area contributed by atoms with Gasteiger partial charge in [0.15, 0.2) is 0 Å². The topological polar surface area (TPSA) is 102 Å². The number of hydrogen-bond donors (Lipinski definition) is 5. The van der Waals surface area contributed by atoms with E-state index in [1.54, 1.807) is 0 Å². The molecule has 180 valence electrons. The number of aryl methyl sites for hydroxylation is 1. The molecule has 34 heavy (non-hydrogen) atoms. The van der Waals surface area contributed by atoms with Crippen LogP contribution in [-0.4, -0.2) is 33.3 Å². The molecule has 3 aromatic carbocycles.